The molecule has 0 aliphatic rings. The van der Waals surface area contributed by atoms with Crippen LogP contribution in [0.5, 0.6) is 0 Å². The van der Waals surface area contributed by atoms with Crippen LogP contribution >= 0.6 is 15.9 Å². The van der Waals surface area contributed by atoms with Gasteiger partial charge >= 0.3 is 0 Å². The predicted octanol–water partition coefficient (Wildman–Crippen LogP) is 4.70. The Labute approximate surface area is 101 Å². The van der Waals surface area contributed by atoms with E-state index in [2.05, 4.69) is 15.9 Å². The van der Waals surface area contributed by atoms with Crippen molar-refractivity contribution in [1.29, 1.82) is 0 Å². The van der Waals surface area contributed by atoms with Crippen LogP contribution in [0, 0.1) is 18.6 Å². The number of hydrogen-bond donors (Lipinski definition) is 0. The van der Waals surface area contributed by atoms with E-state index < -0.39 is 0 Å². The molecule has 0 spiro atoms. The lowest BCUT2D eigenvalue weighted by molar-refractivity contribution is 0.621. The Morgan fingerprint density at radius 3 is 2.25 bits per heavy atom. The molecule has 0 saturated carbocycles. The van der Waals surface area contributed by atoms with Crippen molar-refractivity contribution in [3.8, 4) is 11.1 Å². The highest BCUT2D eigenvalue weighted by Crippen LogP contribution is 2.28. The highest BCUT2D eigenvalue weighted by Gasteiger charge is 2.07. The summed E-state index contributed by atoms with van der Waals surface area (Å²) in [6, 6.07) is 9.19. The minimum absolute atomic E-state index is 0.293. The van der Waals surface area contributed by atoms with Gasteiger partial charge in [0.05, 0.1) is 4.47 Å². The van der Waals surface area contributed by atoms with Crippen molar-refractivity contribution in [3.63, 3.8) is 0 Å². The second kappa shape index (κ2) is 4.34. The molecule has 2 aromatic rings. The van der Waals surface area contributed by atoms with Crippen molar-refractivity contribution in [2.75, 3.05) is 0 Å². The second-order valence-electron chi connectivity index (χ2n) is 3.59. The highest BCUT2D eigenvalue weighted by atomic mass is 79.9. The summed E-state index contributed by atoms with van der Waals surface area (Å²) in [7, 11) is 0. The fourth-order valence-electron chi connectivity index (χ4n) is 1.59. The van der Waals surface area contributed by atoms with Gasteiger partial charge in [-0.2, -0.15) is 0 Å². The van der Waals surface area contributed by atoms with Gasteiger partial charge in [0.1, 0.15) is 11.6 Å². The Morgan fingerprint density at radius 1 is 1.00 bits per heavy atom. The van der Waals surface area contributed by atoms with Crippen molar-refractivity contribution >= 4 is 15.9 Å². The fraction of sp³-hybridized carbons (Fsp3) is 0.0769. The maximum absolute atomic E-state index is 13.4. The van der Waals surface area contributed by atoms with Gasteiger partial charge in [0.25, 0.3) is 0 Å². The van der Waals surface area contributed by atoms with E-state index in [4.69, 9.17) is 0 Å². The largest absolute Gasteiger partial charge is 0.207 e. The Bertz CT molecular complexity index is 518. The molecule has 0 aliphatic heterocycles. The number of halogens is 3. The first kappa shape index (κ1) is 11.3. The van der Waals surface area contributed by atoms with Gasteiger partial charge < -0.3 is 0 Å². The molecule has 0 fully saturated rings. The molecule has 0 N–H and O–H groups in total. The van der Waals surface area contributed by atoms with E-state index in [1.54, 1.807) is 18.2 Å². The first-order chi connectivity index (χ1) is 7.58. The molecule has 0 nitrogen and oxygen atoms in total. The van der Waals surface area contributed by atoms with Gasteiger partial charge in [0.15, 0.2) is 0 Å². The minimum Gasteiger partial charge on any atom is -0.207 e. The summed E-state index contributed by atoms with van der Waals surface area (Å²) in [4.78, 5) is 0. The van der Waals surface area contributed by atoms with E-state index in [-0.39, 0.29) is 11.6 Å². The molecule has 0 unspecified atom stereocenters. The zero-order chi connectivity index (χ0) is 11.7. The molecular weight excluding hydrogens is 274 g/mol. The molecule has 3 heteroatoms. The van der Waals surface area contributed by atoms with Crippen LogP contribution in [0.3, 0.4) is 0 Å². The van der Waals surface area contributed by atoms with E-state index in [0.717, 1.165) is 16.7 Å². The van der Waals surface area contributed by atoms with Crippen molar-refractivity contribution < 1.29 is 8.78 Å². The first-order valence-corrected chi connectivity index (χ1v) is 5.59. The predicted molar refractivity (Wildman–Crippen MR) is 64.2 cm³/mol. The Hall–Kier alpha value is -1.22. The summed E-state index contributed by atoms with van der Waals surface area (Å²) >= 11 is 3.13. The maximum atomic E-state index is 13.4. The maximum Gasteiger partial charge on any atom is 0.138 e. The van der Waals surface area contributed by atoms with Crippen LogP contribution in [0.15, 0.2) is 40.9 Å². The minimum atomic E-state index is -0.315. The van der Waals surface area contributed by atoms with Crippen molar-refractivity contribution in [2.24, 2.45) is 0 Å². The number of aryl methyl sites for hydroxylation is 1. The van der Waals surface area contributed by atoms with Crippen LogP contribution in [0.25, 0.3) is 11.1 Å². The highest BCUT2D eigenvalue weighted by molar-refractivity contribution is 9.10. The molecule has 82 valence electrons. The topological polar surface area (TPSA) is 0 Å². The molecular formula is C13H9BrF2. The average Bonchev–Trinajstić information content (AvgIpc) is 2.25. The van der Waals surface area contributed by atoms with Gasteiger partial charge in [-0.25, -0.2) is 8.78 Å². The van der Waals surface area contributed by atoms with Crippen molar-refractivity contribution in [1.82, 2.24) is 0 Å². The smallest absolute Gasteiger partial charge is 0.138 e. The van der Waals surface area contributed by atoms with E-state index in [1.165, 1.54) is 18.2 Å². The molecule has 0 atom stereocenters. The van der Waals surface area contributed by atoms with E-state index in [1.807, 2.05) is 6.92 Å². The number of rotatable bonds is 1. The Kier molecular flexibility index (Phi) is 3.06. The Morgan fingerprint density at radius 2 is 1.62 bits per heavy atom. The van der Waals surface area contributed by atoms with Gasteiger partial charge in [0.2, 0.25) is 0 Å². The van der Waals surface area contributed by atoms with Crippen LogP contribution < -0.4 is 0 Å². The summed E-state index contributed by atoms with van der Waals surface area (Å²) in [6.45, 7) is 1.89. The monoisotopic (exact) mass is 282 g/mol. The summed E-state index contributed by atoms with van der Waals surface area (Å²) < 4.78 is 26.6. The van der Waals surface area contributed by atoms with Gasteiger partial charge in [-0.1, -0.05) is 12.1 Å². The zero-order valence-corrected chi connectivity index (χ0v) is 10.2. The molecule has 0 saturated heterocycles. The summed E-state index contributed by atoms with van der Waals surface area (Å²) in [5, 5.41) is 0. The second-order valence-corrected chi connectivity index (χ2v) is 4.44. The van der Waals surface area contributed by atoms with Gasteiger partial charge in [0, 0.05) is 0 Å². The molecule has 0 aromatic heterocycles. The molecule has 2 rings (SSSR count). The van der Waals surface area contributed by atoms with Crippen LogP contribution in [0.1, 0.15) is 5.56 Å². The van der Waals surface area contributed by atoms with E-state index in [0.29, 0.717) is 4.47 Å². The summed E-state index contributed by atoms with van der Waals surface area (Å²) in [5.41, 5.74) is 2.53. The SMILES string of the molecule is Cc1cc(Br)c(F)cc1-c1ccc(F)cc1. The third kappa shape index (κ3) is 2.14. The third-order valence-electron chi connectivity index (χ3n) is 2.42. The van der Waals surface area contributed by atoms with Crippen LogP contribution in [-0.4, -0.2) is 0 Å². The van der Waals surface area contributed by atoms with Crippen molar-refractivity contribution in [2.45, 2.75) is 6.92 Å². The molecule has 0 bridgehead atoms. The number of benzene rings is 2. The Balaban J connectivity index is 2.56. The van der Waals surface area contributed by atoms with Crippen LogP contribution in [0.4, 0.5) is 8.78 Å². The summed E-state index contributed by atoms with van der Waals surface area (Å²) in [6.07, 6.45) is 0. The number of hydrogen-bond acceptors (Lipinski definition) is 0. The first-order valence-electron chi connectivity index (χ1n) is 4.79. The average molecular weight is 283 g/mol. The molecule has 16 heavy (non-hydrogen) atoms. The standard InChI is InChI=1S/C13H9BrF2/c1-8-6-12(14)13(16)7-11(8)9-2-4-10(15)5-3-9/h2-7H,1H3. The van der Waals surface area contributed by atoms with Gasteiger partial charge in [-0.05, 0) is 63.8 Å². The lowest BCUT2D eigenvalue weighted by atomic mass is 10.0. The van der Waals surface area contributed by atoms with Crippen LogP contribution in [0.2, 0.25) is 0 Å². The lowest BCUT2D eigenvalue weighted by Gasteiger charge is -2.07. The fourth-order valence-corrected chi connectivity index (χ4v) is 2.04. The molecule has 0 heterocycles. The summed E-state index contributed by atoms with van der Waals surface area (Å²) in [5.74, 6) is -0.607. The molecule has 0 amide bonds. The zero-order valence-electron chi connectivity index (χ0n) is 8.60. The molecule has 0 radical (unpaired) electrons. The molecule has 0 aliphatic carbocycles. The van der Waals surface area contributed by atoms with Gasteiger partial charge in [-0.3, -0.25) is 0 Å². The van der Waals surface area contributed by atoms with Crippen LogP contribution in [-0.2, 0) is 0 Å². The van der Waals surface area contributed by atoms with Gasteiger partial charge in [-0.15, -0.1) is 0 Å². The quantitative estimate of drug-likeness (QED) is 0.711. The van der Waals surface area contributed by atoms with Crippen molar-refractivity contribution in [3.05, 3.63) is 58.1 Å². The molecule has 2 aromatic carbocycles. The normalized spacial score (nSPS) is 10.5. The lowest BCUT2D eigenvalue weighted by Crippen LogP contribution is -1.87. The third-order valence-corrected chi connectivity index (χ3v) is 3.03. The van der Waals surface area contributed by atoms with E-state index in [9.17, 15) is 8.78 Å². The van der Waals surface area contributed by atoms with E-state index >= 15 is 0 Å².